The minimum absolute atomic E-state index is 0.0653. The van der Waals surface area contributed by atoms with Gasteiger partial charge in [-0.1, -0.05) is 12.1 Å². The fourth-order valence-electron chi connectivity index (χ4n) is 2.11. The predicted molar refractivity (Wildman–Crippen MR) is 90.6 cm³/mol. The van der Waals surface area contributed by atoms with Crippen LogP contribution in [0, 0.1) is 13.8 Å². The average molecular weight is 298 g/mol. The number of hydrogen-bond donors (Lipinski definition) is 2. The van der Waals surface area contributed by atoms with Gasteiger partial charge >= 0.3 is 0 Å². The summed E-state index contributed by atoms with van der Waals surface area (Å²) < 4.78 is 5.12. The van der Waals surface area contributed by atoms with E-state index in [1.165, 1.54) is 0 Å². The zero-order valence-corrected chi connectivity index (χ0v) is 13.4. The SMILES string of the molecule is COc1ccc(NC(C)C(=O)Nc2cc(C)ccc2C)cc1. The van der Waals surface area contributed by atoms with Gasteiger partial charge in [-0.2, -0.15) is 0 Å². The highest BCUT2D eigenvalue weighted by Gasteiger charge is 2.13. The molecule has 1 amide bonds. The maximum atomic E-state index is 12.3. The molecule has 116 valence electrons. The Morgan fingerprint density at radius 3 is 2.41 bits per heavy atom. The summed E-state index contributed by atoms with van der Waals surface area (Å²) in [5.41, 5.74) is 3.91. The number of ether oxygens (including phenoxy) is 1. The molecule has 0 saturated carbocycles. The van der Waals surface area contributed by atoms with E-state index >= 15 is 0 Å². The number of carbonyl (C=O) groups excluding carboxylic acids is 1. The standard InChI is InChI=1S/C18H22N2O2/c1-12-5-6-13(2)17(11-12)20-18(21)14(3)19-15-7-9-16(22-4)10-8-15/h5-11,14,19H,1-4H3,(H,20,21). The molecule has 0 radical (unpaired) electrons. The van der Waals surface area contributed by atoms with Crippen molar-refractivity contribution >= 4 is 17.3 Å². The van der Waals surface area contributed by atoms with Crippen LogP contribution < -0.4 is 15.4 Å². The van der Waals surface area contributed by atoms with Crippen molar-refractivity contribution in [1.29, 1.82) is 0 Å². The number of methoxy groups -OCH3 is 1. The number of carbonyl (C=O) groups is 1. The lowest BCUT2D eigenvalue weighted by Gasteiger charge is -2.17. The van der Waals surface area contributed by atoms with Crippen LogP contribution in [0.3, 0.4) is 0 Å². The van der Waals surface area contributed by atoms with Crippen molar-refractivity contribution in [3.8, 4) is 5.75 Å². The van der Waals surface area contributed by atoms with E-state index in [4.69, 9.17) is 4.74 Å². The van der Waals surface area contributed by atoms with Gasteiger partial charge in [0.25, 0.3) is 0 Å². The van der Waals surface area contributed by atoms with Crippen LogP contribution in [0.5, 0.6) is 5.75 Å². The van der Waals surface area contributed by atoms with E-state index in [0.29, 0.717) is 0 Å². The average Bonchev–Trinajstić information content (AvgIpc) is 2.51. The quantitative estimate of drug-likeness (QED) is 0.884. The van der Waals surface area contributed by atoms with Gasteiger partial charge in [-0.3, -0.25) is 4.79 Å². The number of anilines is 2. The lowest BCUT2D eigenvalue weighted by atomic mass is 10.1. The molecule has 4 heteroatoms. The molecule has 2 rings (SSSR count). The van der Waals surface area contributed by atoms with Gasteiger partial charge in [0.05, 0.1) is 7.11 Å². The second kappa shape index (κ2) is 6.98. The normalized spacial score (nSPS) is 11.6. The number of rotatable bonds is 5. The predicted octanol–water partition coefficient (Wildman–Crippen LogP) is 3.75. The second-order valence-electron chi connectivity index (χ2n) is 5.40. The summed E-state index contributed by atoms with van der Waals surface area (Å²) in [5, 5.41) is 6.15. The Bertz CT molecular complexity index is 651. The summed E-state index contributed by atoms with van der Waals surface area (Å²) in [6.07, 6.45) is 0. The highest BCUT2D eigenvalue weighted by Crippen LogP contribution is 2.18. The molecule has 1 unspecified atom stereocenters. The summed E-state index contributed by atoms with van der Waals surface area (Å²) in [7, 11) is 1.63. The topological polar surface area (TPSA) is 50.4 Å². The molecule has 2 aromatic carbocycles. The summed E-state index contributed by atoms with van der Waals surface area (Å²) in [5.74, 6) is 0.725. The van der Waals surface area contributed by atoms with Crippen LogP contribution in [-0.4, -0.2) is 19.1 Å². The Kier molecular flexibility index (Phi) is 5.04. The van der Waals surface area contributed by atoms with Crippen molar-refractivity contribution < 1.29 is 9.53 Å². The maximum Gasteiger partial charge on any atom is 0.246 e. The first-order chi connectivity index (χ1) is 10.5. The van der Waals surface area contributed by atoms with Gasteiger partial charge in [0, 0.05) is 11.4 Å². The van der Waals surface area contributed by atoms with E-state index in [1.54, 1.807) is 7.11 Å². The van der Waals surface area contributed by atoms with Crippen molar-refractivity contribution in [1.82, 2.24) is 0 Å². The second-order valence-corrected chi connectivity index (χ2v) is 5.40. The molecule has 0 aliphatic heterocycles. The first kappa shape index (κ1) is 15.9. The summed E-state index contributed by atoms with van der Waals surface area (Å²) in [6.45, 7) is 5.83. The maximum absolute atomic E-state index is 12.3. The molecule has 0 aromatic heterocycles. The van der Waals surface area contributed by atoms with Crippen molar-refractivity contribution in [2.24, 2.45) is 0 Å². The fraction of sp³-hybridized carbons (Fsp3) is 0.278. The van der Waals surface area contributed by atoms with Crippen LogP contribution in [0.25, 0.3) is 0 Å². The van der Waals surface area contributed by atoms with Crippen LogP contribution in [0.15, 0.2) is 42.5 Å². The number of amides is 1. The molecular weight excluding hydrogens is 276 g/mol. The van der Waals surface area contributed by atoms with Gasteiger partial charge in [-0.25, -0.2) is 0 Å². The van der Waals surface area contributed by atoms with E-state index in [2.05, 4.69) is 10.6 Å². The summed E-state index contributed by atoms with van der Waals surface area (Å²) >= 11 is 0. The third kappa shape index (κ3) is 4.01. The molecular formula is C18H22N2O2. The first-order valence-electron chi connectivity index (χ1n) is 7.28. The molecule has 0 aliphatic rings. The van der Waals surface area contributed by atoms with Crippen LogP contribution in [0.2, 0.25) is 0 Å². The lowest BCUT2D eigenvalue weighted by molar-refractivity contribution is -0.116. The van der Waals surface area contributed by atoms with Crippen LogP contribution in [-0.2, 0) is 4.79 Å². The minimum Gasteiger partial charge on any atom is -0.497 e. The number of benzene rings is 2. The monoisotopic (exact) mass is 298 g/mol. The van der Waals surface area contributed by atoms with E-state index in [0.717, 1.165) is 28.3 Å². The molecule has 0 fully saturated rings. The van der Waals surface area contributed by atoms with E-state index in [1.807, 2.05) is 63.2 Å². The molecule has 4 nitrogen and oxygen atoms in total. The Morgan fingerprint density at radius 1 is 1.09 bits per heavy atom. The van der Waals surface area contributed by atoms with E-state index in [-0.39, 0.29) is 11.9 Å². The summed E-state index contributed by atoms with van der Waals surface area (Å²) in [6, 6.07) is 13.2. The van der Waals surface area contributed by atoms with E-state index in [9.17, 15) is 4.79 Å². The van der Waals surface area contributed by atoms with Gasteiger partial charge in [-0.15, -0.1) is 0 Å². The molecule has 0 saturated heterocycles. The fourth-order valence-corrected chi connectivity index (χ4v) is 2.11. The molecule has 22 heavy (non-hydrogen) atoms. The lowest BCUT2D eigenvalue weighted by Crippen LogP contribution is -2.32. The Labute approximate surface area is 131 Å². The largest absolute Gasteiger partial charge is 0.497 e. The summed E-state index contributed by atoms with van der Waals surface area (Å²) in [4.78, 5) is 12.3. The van der Waals surface area contributed by atoms with Gasteiger partial charge in [-0.05, 0) is 62.2 Å². The Hall–Kier alpha value is -2.49. The van der Waals surface area contributed by atoms with Crippen molar-refractivity contribution in [3.63, 3.8) is 0 Å². The zero-order chi connectivity index (χ0) is 16.1. The van der Waals surface area contributed by atoms with Crippen LogP contribution >= 0.6 is 0 Å². The number of hydrogen-bond acceptors (Lipinski definition) is 3. The molecule has 0 heterocycles. The van der Waals surface area contributed by atoms with Crippen molar-refractivity contribution in [3.05, 3.63) is 53.6 Å². The van der Waals surface area contributed by atoms with E-state index < -0.39 is 0 Å². The highest BCUT2D eigenvalue weighted by atomic mass is 16.5. The third-order valence-electron chi connectivity index (χ3n) is 3.52. The Balaban J connectivity index is 2.00. The molecule has 2 aromatic rings. The van der Waals surface area contributed by atoms with Gasteiger partial charge in [0.1, 0.15) is 11.8 Å². The first-order valence-corrected chi connectivity index (χ1v) is 7.28. The van der Waals surface area contributed by atoms with Crippen LogP contribution in [0.1, 0.15) is 18.1 Å². The highest BCUT2D eigenvalue weighted by molar-refractivity contribution is 5.96. The zero-order valence-electron chi connectivity index (χ0n) is 13.4. The van der Waals surface area contributed by atoms with Crippen molar-refractivity contribution in [2.45, 2.75) is 26.8 Å². The van der Waals surface area contributed by atoms with Crippen LogP contribution in [0.4, 0.5) is 11.4 Å². The molecule has 0 bridgehead atoms. The Morgan fingerprint density at radius 2 is 1.77 bits per heavy atom. The number of nitrogens with one attached hydrogen (secondary N) is 2. The molecule has 0 aliphatic carbocycles. The molecule has 2 N–H and O–H groups in total. The third-order valence-corrected chi connectivity index (χ3v) is 3.52. The smallest absolute Gasteiger partial charge is 0.246 e. The minimum atomic E-state index is -0.340. The van der Waals surface area contributed by atoms with Crippen molar-refractivity contribution in [2.75, 3.05) is 17.7 Å². The molecule has 0 spiro atoms. The van der Waals surface area contributed by atoms with Gasteiger partial charge in [0.15, 0.2) is 0 Å². The molecule has 1 atom stereocenters. The number of aryl methyl sites for hydroxylation is 2. The van der Waals surface area contributed by atoms with Gasteiger partial charge in [0.2, 0.25) is 5.91 Å². The van der Waals surface area contributed by atoms with Gasteiger partial charge < -0.3 is 15.4 Å².